The fourth-order valence-corrected chi connectivity index (χ4v) is 1.34. The molecule has 0 aliphatic carbocycles. The number of aromatic nitrogens is 2. The molecule has 4 heteroatoms. The molecule has 12 heavy (non-hydrogen) atoms. The second-order valence-electron chi connectivity index (χ2n) is 2.78. The van der Waals surface area contributed by atoms with Crippen LogP contribution in [-0.2, 0) is 0 Å². The van der Waals surface area contributed by atoms with Crippen molar-refractivity contribution >= 4 is 5.69 Å². The van der Waals surface area contributed by atoms with Gasteiger partial charge in [0.1, 0.15) is 0 Å². The Morgan fingerprint density at radius 2 is 1.92 bits per heavy atom. The molecule has 1 radical (unpaired) electrons. The molecule has 1 aliphatic rings. The molecular weight excluding hydrogens is 152 g/mol. The maximum atomic E-state index is 3.86. The number of nitrogens with one attached hydrogen (secondary N) is 1. The Morgan fingerprint density at radius 3 is 2.58 bits per heavy atom. The number of hydrogen-bond acceptors (Lipinski definition) is 4. The number of anilines is 1. The summed E-state index contributed by atoms with van der Waals surface area (Å²) in [5, 5.41) is 3.29. The van der Waals surface area contributed by atoms with Gasteiger partial charge in [-0.3, -0.25) is 0 Å². The summed E-state index contributed by atoms with van der Waals surface area (Å²) in [6.07, 6.45) is 6.14. The van der Waals surface area contributed by atoms with Crippen LogP contribution in [0.1, 0.15) is 0 Å². The van der Waals surface area contributed by atoms with Crippen molar-refractivity contribution in [3.05, 3.63) is 18.7 Å². The standard InChI is InChI=1S/C8H11N4/c1-3-12(4-2-9-1)8-5-10-7-11-6-8/h5-6,9H,1-4H2. The number of hydrogen-bond donors (Lipinski definition) is 1. The number of rotatable bonds is 1. The van der Waals surface area contributed by atoms with E-state index in [0.717, 1.165) is 31.9 Å². The van der Waals surface area contributed by atoms with Gasteiger partial charge in [-0.25, -0.2) is 9.97 Å². The van der Waals surface area contributed by atoms with Crippen LogP contribution < -0.4 is 10.2 Å². The topological polar surface area (TPSA) is 41.1 Å². The molecule has 0 atom stereocenters. The molecule has 0 aromatic carbocycles. The van der Waals surface area contributed by atoms with Crippen molar-refractivity contribution in [2.24, 2.45) is 0 Å². The van der Waals surface area contributed by atoms with Gasteiger partial charge in [0, 0.05) is 26.2 Å². The third-order valence-electron chi connectivity index (χ3n) is 1.99. The van der Waals surface area contributed by atoms with Crippen LogP contribution in [0.15, 0.2) is 12.4 Å². The van der Waals surface area contributed by atoms with Crippen molar-refractivity contribution in [2.75, 3.05) is 31.1 Å². The molecule has 0 amide bonds. The summed E-state index contributed by atoms with van der Waals surface area (Å²) in [6, 6.07) is 0. The first-order valence-corrected chi connectivity index (χ1v) is 4.10. The number of piperazine rings is 1. The van der Waals surface area contributed by atoms with Crippen LogP contribution in [-0.4, -0.2) is 36.1 Å². The molecule has 1 aromatic rings. The SMILES string of the molecule is [c]1ncc(N2CCNCC2)cn1. The molecule has 1 aromatic heterocycles. The van der Waals surface area contributed by atoms with Crippen molar-refractivity contribution in [3.8, 4) is 0 Å². The summed E-state index contributed by atoms with van der Waals surface area (Å²) in [5.74, 6) is 0. The molecule has 0 unspecified atom stereocenters. The van der Waals surface area contributed by atoms with E-state index in [1.807, 2.05) is 0 Å². The Hall–Kier alpha value is -1.16. The maximum Gasteiger partial charge on any atom is 0.197 e. The van der Waals surface area contributed by atoms with Crippen LogP contribution in [0.3, 0.4) is 0 Å². The Morgan fingerprint density at radius 1 is 1.25 bits per heavy atom. The predicted octanol–water partition coefficient (Wildman–Crippen LogP) is -0.314. The highest BCUT2D eigenvalue weighted by Crippen LogP contribution is 2.09. The quantitative estimate of drug-likeness (QED) is 0.616. The van der Waals surface area contributed by atoms with Crippen LogP contribution in [0, 0.1) is 6.33 Å². The van der Waals surface area contributed by atoms with E-state index in [2.05, 4.69) is 26.5 Å². The molecule has 63 valence electrons. The van der Waals surface area contributed by atoms with E-state index < -0.39 is 0 Å². The molecule has 1 N–H and O–H groups in total. The van der Waals surface area contributed by atoms with Gasteiger partial charge in [0.15, 0.2) is 6.33 Å². The van der Waals surface area contributed by atoms with E-state index in [4.69, 9.17) is 0 Å². The van der Waals surface area contributed by atoms with Gasteiger partial charge < -0.3 is 10.2 Å². The Kier molecular flexibility index (Phi) is 2.18. The molecule has 0 spiro atoms. The van der Waals surface area contributed by atoms with Gasteiger partial charge in [-0.1, -0.05) is 0 Å². The largest absolute Gasteiger partial charge is 0.366 e. The van der Waals surface area contributed by atoms with Gasteiger partial charge in [-0.2, -0.15) is 0 Å². The van der Waals surface area contributed by atoms with E-state index in [1.165, 1.54) is 0 Å². The molecule has 2 heterocycles. The van der Waals surface area contributed by atoms with Gasteiger partial charge in [0.2, 0.25) is 0 Å². The molecule has 1 saturated heterocycles. The molecule has 0 bridgehead atoms. The second-order valence-corrected chi connectivity index (χ2v) is 2.78. The lowest BCUT2D eigenvalue weighted by Gasteiger charge is -2.28. The zero-order valence-electron chi connectivity index (χ0n) is 6.82. The summed E-state index contributed by atoms with van der Waals surface area (Å²) in [7, 11) is 0. The van der Waals surface area contributed by atoms with Crippen molar-refractivity contribution in [1.29, 1.82) is 0 Å². The van der Waals surface area contributed by atoms with Gasteiger partial charge in [0.05, 0.1) is 18.1 Å². The molecule has 0 saturated carbocycles. The lowest BCUT2D eigenvalue weighted by molar-refractivity contribution is 0.588. The minimum atomic E-state index is 1.04. The third kappa shape index (κ3) is 1.53. The average molecular weight is 163 g/mol. The highest BCUT2D eigenvalue weighted by atomic mass is 15.2. The molecular formula is C8H11N4. The summed E-state index contributed by atoms with van der Waals surface area (Å²) in [4.78, 5) is 9.99. The molecule has 4 nitrogen and oxygen atoms in total. The van der Waals surface area contributed by atoms with Crippen LogP contribution in [0.25, 0.3) is 0 Å². The van der Waals surface area contributed by atoms with E-state index in [1.54, 1.807) is 12.4 Å². The van der Waals surface area contributed by atoms with Crippen molar-refractivity contribution < 1.29 is 0 Å². The average Bonchev–Trinajstić information content (AvgIpc) is 2.21. The minimum Gasteiger partial charge on any atom is -0.366 e. The fourth-order valence-electron chi connectivity index (χ4n) is 1.34. The van der Waals surface area contributed by atoms with E-state index in [0.29, 0.717) is 0 Å². The predicted molar refractivity (Wildman–Crippen MR) is 46.0 cm³/mol. The van der Waals surface area contributed by atoms with Gasteiger partial charge in [0.25, 0.3) is 0 Å². The van der Waals surface area contributed by atoms with E-state index in [-0.39, 0.29) is 0 Å². The Balaban J connectivity index is 2.08. The van der Waals surface area contributed by atoms with Gasteiger partial charge >= 0.3 is 0 Å². The Labute approximate surface area is 71.6 Å². The Bertz CT molecular complexity index is 230. The summed E-state index contributed by atoms with van der Waals surface area (Å²) < 4.78 is 0. The van der Waals surface area contributed by atoms with Crippen LogP contribution in [0.5, 0.6) is 0 Å². The summed E-state index contributed by atoms with van der Waals surface area (Å²) in [6.45, 7) is 4.15. The zero-order valence-corrected chi connectivity index (χ0v) is 6.82. The van der Waals surface area contributed by atoms with Crippen LogP contribution >= 0.6 is 0 Å². The summed E-state index contributed by atoms with van der Waals surface area (Å²) in [5.41, 5.74) is 1.09. The molecule has 1 fully saturated rings. The highest BCUT2D eigenvalue weighted by Gasteiger charge is 2.09. The fraction of sp³-hybridized carbons (Fsp3) is 0.500. The minimum absolute atomic E-state index is 1.04. The monoisotopic (exact) mass is 163 g/mol. The van der Waals surface area contributed by atoms with Gasteiger partial charge in [-0.15, -0.1) is 0 Å². The normalized spacial score (nSPS) is 17.8. The van der Waals surface area contributed by atoms with E-state index >= 15 is 0 Å². The van der Waals surface area contributed by atoms with Crippen LogP contribution in [0.4, 0.5) is 5.69 Å². The lowest BCUT2D eigenvalue weighted by atomic mass is 10.3. The smallest absolute Gasteiger partial charge is 0.197 e. The second kappa shape index (κ2) is 3.49. The highest BCUT2D eigenvalue weighted by molar-refractivity contribution is 5.41. The first kappa shape index (κ1) is 7.49. The van der Waals surface area contributed by atoms with Crippen molar-refractivity contribution in [1.82, 2.24) is 15.3 Å². The van der Waals surface area contributed by atoms with Gasteiger partial charge in [-0.05, 0) is 0 Å². The lowest BCUT2D eigenvalue weighted by Crippen LogP contribution is -2.43. The van der Waals surface area contributed by atoms with Crippen molar-refractivity contribution in [3.63, 3.8) is 0 Å². The maximum absolute atomic E-state index is 3.86. The van der Waals surface area contributed by atoms with Crippen LogP contribution in [0.2, 0.25) is 0 Å². The first-order valence-electron chi connectivity index (χ1n) is 4.10. The summed E-state index contributed by atoms with van der Waals surface area (Å²) >= 11 is 0. The first-order chi connectivity index (χ1) is 5.97. The molecule has 2 rings (SSSR count). The third-order valence-corrected chi connectivity index (χ3v) is 1.99. The van der Waals surface area contributed by atoms with Crippen molar-refractivity contribution in [2.45, 2.75) is 0 Å². The number of nitrogens with zero attached hydrogens (tertiary/aromatic N) is 3. The zero-order chi connectivity index (χ0) is 8.23. The molecule has 1 aliphatic heterocycles. The van der Waals surface area contributed by atoms with E-state index in [9.17, 15) is 0 Å².